The van der Waals surface area contributed by atoms with Gasteiger partial charge in [-0.15, -0.1) is 11.3 Å². The summed E-state index contributed by atoms with van der Waals surface area (Å²) in [5.74, 6) is -2.75. The summed E-state index contributed by atoms with van der Waals surface area (Å²) in [7, 11) is 0. The molecule has 0 spiro atoms. The van der Waals surface area contributed by atoms with Gasteiger partial charge in [0.2, 0.25) is 5.88 Å². The van der Waals surface area contributed by atoms with Crippen molar-refractivity contribution >= 4 is 21.6 Å². The number of rotatable bonds is 6. The van der Waals surface area contributed by atoms with Crippen LogP contribution in [-0.4, -0.2) is 26.6 Å². The number of ether oxygens (including phenoxy) is 1. The van der Waals surface area contributed by atoms with E-state index in [1.165, 1.54) is 6.20 Å². The van der Waals surface area contributed by atoms with Gasteiger partial charge >= 0.3 is 11.9 Å². The lowest BCUT2D eigenvalue weighted by atomic mass is 10.1. The van der Waals surface area contributed by atoms with Crippen LogP contribution in [0.1, 0.15) is 29.9 Å². The van der Waals surface area contributed by atoms with Gasteiger partial charge in [0.05, 0.1) is 17.7 Å². The van der Waals surface area contributed by atoms with E-state index in [4.69, 9.17) is 4.74 Å². The number of aryl methyl sites for hydroxylation is 2. The molecule has 0 saturated heterocycles. The zero-order valence-electron chi connectivity index (χ0n) is 18.7. The van der Waals surface area contributed by atoms with Crippen molar-refractivity contribution in [3.63, 3.8) is 0 Å². The van der Waals surface area contributed by atoms with Crippen molar-refractivity contribution in [2.45, 2.75) is 44.3 Å². The largest absolute Gasteiger partial charge is 0.439 e. The summed E-state index contributed by atoms with van der Waals surface area (Å²) in [6.07, 6.45) is -4.34. The molecular formula is C24H18F5N3O3S. The first-order valence-electron chi connectivity index (χ1n) is 10.9. The molecule has 0 bridgehead atoms. The highest BCUT2D eigenvalue weighted by Gasteiger charge is 2.57. The predicted molar refractivity (Wildman–Crippen MR) is 124 cm³/mol. The number of H-pyrrole nitrogens is 1. The normalized spacial score (nSPS) is 16.9. The third kappa shape index (κ3) is 4.64. The molecule has 1 aliphatic rings. The second-order valence-corrected chi connectivity index (χ2v) is 9.59. The number of nitrogens with zero attached hydrogens (tertiary/aromatic N) is 2. The maximum atomic E-state index is 13.2. The molecule has 1 aliphatic carbocycles. The Labute approximate surface area is 204 Å². The van der Waals surface area contributed by atoms with Gasteiger partial charge < -0.3 is 4.74 Å². The Balaban J connectivity index is 1.40. The Hall–Kier alpha value is -3.54. The number of halogens is 5. The van der Waals surface area contributed by atoms with Gasteiger partial charge in [0.25, 0.3) is 11.5 Å². The second kappa shape index (κ2) is 8.54. The minimum absolute atomic E-state index is 0.151. The molecule has 3 heterocycles. The highest BCUT2D eigenvalue weighted by Crippen LogP contribution is 2.55. The van der Waals surface area contributed by atoms with Crippen LogP contribution in [0.15, 0.2) is 52.2 Å². The van der Waals surface area contributed by atoms with E-state index >= 15 is 0 Å². The Morgan fingerprint density at radius 3 is 2.44 bits per heavy atom. The molecule has 1 atom stereocenters. The first-order chi connectivity index (χ1) is 16.9. The molecular weight excluding hydrogens is 505 g/mol. The highest BCUT2D eigenvalue weighted by molar-refractivity contribution is 7.22. The van der Waals surface area contributed by atoms with Crippen LogP contribution < -0.4 is 16.0 Å². The van der Waals surface area contributed by atoms with Gasteiger partial charge in [0, 0.05) is 35.7 Å². The first kappa shape index (κ1) is 24.2. The van der Waals surface area contributed by atoms with Crippen LogP contribution in [0, 0.1) is 6.92 Å². The van der Waals surface area contributed by atoms with Crippen molar-refractivity contribution in [3.8, 4) is 22.1 Å². The lowest BCUT2D eigenvalue weighted by Crippen LogP contribution is -2.31. The Morgan fingerprint density at radius 1 is 1.17 bits per heavy atom. The Morgan fingerprint density at radius 2 is 1.86 bits per heavy atom. The van der Waals surface area contributed by atoms with E-state index in [2.05, 4.69) is 9.97 Å². The molecule has 4 aromatic rings. The van der Waals surface area contributed by atoms with E-state index < -0.39 is 42.2 Å². The van der Waals surface area contributed by atoms with Gasteiger partial charge in [-0.05, 0) is 36.2 Å². The number of aromatic nitrogens is 3. The van der Waals surface area contributed by atoms with Crippen LogP contribution in [0.25, 0.3) is 20.7 Å². The van der Waals surface area contributed by atoms with Crippen LogP contribution in [0.5, 0.6) is 11.6 Å². The van der Waals surface area contributed by atoms with E-state index in [-0.39, 0.29) is 22.5 Å². The van der Waals surface area contributed by atoms with E-state index in [1.54, 1.807) is 43.3 Å². The molecule has 1 unspecified atom stereocenters. The molecule has 1 aromatic carbocycles. The lowest BCUT2D eigenvalue weighted by Gasteiger charge is -2.09. The maximum Gasteiger partial charge on any atom is 0.390 e. The summed E-state index contributed by atoms with van der Waals surface area (Å²) < 4.78 is 71.3. The monoisotopic (exact) mass is 523 g/mol. The van der Waals surface area contributed by atoms with Gasteiger partial charge in [-0.2, -0.15) is 13.2 Å². The molecule has 6 nitrogen and oxygen atoms in total. The third-order valence-corrected chi connectivity index (χ3v) is 7.38. The maximum absolute atomic E-state index is 13.2. The topological polar surface area (TPSA) is 77.0 Å². The molecule has 5 rings (SSSR count). The third-order valence-electron chi connectivity index (χ3n) is 6.01. The van der Waals surface area contributed by atoms with Crippen LogP contribution in [0.3, 0.4) is 0 Å². The lowest BCUT2D eigenvalue weighted by molar-refractivity contribution is -0.136. The van der Waals surface area contributed by atoms with E-state index in [9.17, 15) is 31.5 Å². The SMILES string of the molecule is Cc1c(-c2ccc(Oc3ccc(C4CC4(F)F)cc3)nc2)sc2c1c(=O)[nH]c(=O)n2CCC(F)(F)F. The smallest absolute Gasteiger partial charge is 0.390 e. The van der Waals surface area contributed by atoms with E-state index in [1.807, 2.05) is 0 Å². The number of alkyl halides is 5. The molecule has 1 saturated carbocycles. The van der Waals surface area contributed by atoms with Crippen LogP contribution in [-0.2, 0) is 6.54 Å². The van der Waals surface area contributed by atoms with Crippen molar-refractivity contribution in [1.82, 2.24) is 14.5 Å². The molecule has 188 valence electrons. The Bertz CT molecular complexity index is 1550. The van der Waals surface area contributed by atoms with Crippen molar-refractivity contribution in [2.75, 3.05) is 0 Å². The van der Waals surface area contributed by atoms with Crippen LogP contribution in [0.2, 0.25) is 0 Å². The number of hydrogen-bond acceptors (Lipinski definition) is 5. The predicted octanol–water partition coefficient (Wildman–Crippen LogP) is 5.99. The molecule has 0 amide bonds. The number of thiophene rings is 1. The second-order valence-electron chi connectivity index (χ2n) is 8.59. The Kier molecular flexibility index (Phi) is 5.73. The van der Waals surface area contributed by atoms with Crippen molar-refractivity contribution in [2.24, 2.45) is 0 Å². The highest BCUT2D eigenvalue weighted by atomic mass is 32.1. The summed E-state index contributed by atoms with van der Waals surface area (Å²) >= 11 is 1.04. The van der Waals surface area contributed by atoms with Gasteiger partial charge in [-0.25, -0.2) is 18.6 Å². The molecule has 3 aromatic heterocycles. The van der Waals surface area contributed by atoms with Crippen molar-refractivity contribution in [3.05, 3.63) is 74.6 Å². The minimum atomic E-state index is -4.46. The van der Waals surface area contributed by atoms with Crippen molar-refractivity contribution in [1.29, 1.82) is 0 Å². The number of pyridine rings is 1. The standard InChI is InChI=1S/C24H18F5N3O3S/c1-12-18-20(33)31-22(34)32(9-8-24(27,28)29)21(18)36-19(12)14-4-7-17(30-11-14)35-15-5-2-13(3-6-15)16-10-23(16,25)26/h2-7,11,16H,8-10H2,1H3,(H,31,33,34). The quantitative estimate of drug-likeness (QED) is 0.315. The number of nitrogens with one attached hydrogen (secondary N) is 1. The fourth-order valence-corrected chi connectivity index (χ4v) is 5.35. The average molecular weight is 523 g/mol. The molecule has 1 fully saturated rings. The summed E-state index contributed by atoms with van der Waals surface area (Å²) in [5, 5.41) is 0.151. The molecule has 36 heavy (non-hydrogen) atoms. The zero-order chi connectivity index (χ0) is 25.8. The molecule has 12 heteroatoms. The summed E-state index contributed by atoms with van der Waals surface area (Å²) in [5.41, 5.74) is 0.0718. The van der Waals surface area contributed by atoms with Gasteiger partial charge in [0.15, 0.2) is 0 Å². The zero-order valence-corrected chi connectivity index (χ0v) is 19.5. The minimum Gasteiger partial charge on any atom is -0.439 e. The summed E-state index contributed by atoms with van der Waals surface area (Å²) in [6, 6.07) is 9.59. The van der Waals surface area contributed by atoms with Crippen LogP contribution >= 0.6 is 11.3 Å². The summed E-state index contributed by atoms with van der Waals surface area (Å²) in [4.78, 5) is 31.7. The molecule has 1 N–H and O–H groups in total. The number of aromatic amines is 1. The number of hydrogen-bond donors (Lipinski definition) is 1. The van der Waals surface area contributed by atoms with Gasteiger partial charge in [-0.3, -0.25) is 14.3 Å². The fraction of sp³-hybridized carbons (Fsp3) is 0.292. The number of fused-ring (bicyclic) bond motifs is 1. The van der Waals surface area contributed by atoms with Gasteiger partial charge in [-0.1, -0.05) is 12.1 Å². The summed E-state index contributed by atoms with van der Waals surface area (Å²) in [6.45, 7) is 1.04. The molecule has 0 radical (unpaired) electrons. The van der Waals surface area contributed by atoms with E-state index in [0.29, 0.717) is 27.3 Å². The van der Waals surface area contributed by atoms with Gasteiger partial charge in [0.1, 0.15) is 10.6 Å². The number of benzene rings is 1. The van der Waals surface area contributed by atoms with Crippen molar-refractivity contribution < 1.29 is 26.7 Å². The average Bonchev–Trinajstić information content (AvgIpc) is 3.30. The first-order valence-corrected chi connectivity index (χ1v) is 11.7. The fourth-order valence-electron chi connectivity index (χ4n) is 4.03. The molecule has 0 aliphatic heterocycles. The van der Waals surface area contributed by atoms with E-state index in [0.717, 1.165) is 15.9 Å². The van der Waals surface area contributed by atoms with Crippen LogP contribution in [0.4, 0.5) is 22.0 Å².